The minimum absolute atomic E-state index is 0.0630. The summed E-state index contributed by atoms with van der Waals surface area (Å²) in [4.78, 5) is 12.4. The fourth-order valence-electron chi connectivity index (χ4n) is 4.93. The number of rotatable bonds is 2. The van der Waals surface area contributed by atoms with Crippen molar-refractivity contribution in [2.45, 2.75) is 37.6 Å². The van der Waals surface area contributed by atoms with Gasteiger partial charge >= 0.3 is 0 Å². The zero-order chi connectivity index (χ0) is 18.4. The lowest BCUT2D eigenvalue weighted by Gasteiger charge is -2.41. The molecule has 1 aliphatic carbocycles. The number of carbonyl (C=O) groups excluding carboxylic acids is 1. The van der Waals surface area contributed by atoms with Crippen molar-refractivity contribution in [1.82, 2.24) is 5.32 Å². The van der Waals surface area contributed by atoms with Gasteiger partial charge in [-0.05, 0) is 72.9 Å². The summed E-state index contributed by atoms with van der Waals surface area (Å²) in [5, 5.41) is 5.20. The van der Waals surface area contributed by atoms with Crippen molar-refractivity contribution < 1.29 is 4.79 Å². The predicted molar refractivity (Wildman–Crippen MR) is 107 cm³/mol. The van der Waals surface area contributed by atoms with Crippen LogP contribution in [0.1, 0.15) is 42.7 Å². The molecular weight excluding hydrogens is 389 g/mol. The Morgan fingerprint density at radius 1 is 0.923 bits per heavy atom. The van der Waals surface area contributed by atoms with E-state index in [0.29, 0.717) is 10.0 Å². The van der Waals surface area contributed by atoms with Gasteiger partial charge in [0.15, 0.2) is 0 Å². The van der Waals surface area contributed by atoms with E-state index in [1.54, 1.807) is 0 Å². The van der Waals surface area contributed by atoms with E-state index in [4.69, 9.17) is 34.8 Å². The molecule has 0 bridgehead atoms. The van der Waals surface area contributed by atoms with Gasteiger partial charge in [0.05, 0.1) is 0 Å². The van der Waals surface area contributed by atoms with Gasteiger partial charge in [-0.1, -0.05) is 53.0 Å². The van der Waals surface area contributed by atoms with Gasteiger partial charge in [0.1, 0.15) is 0 Å². The molecule has 0 unspecified atom stereocenters. The highest BCUT2D eigenvalue weighted by Gasteiger charge is 2.50. The van der Waals surface area contributed by atoms with Crippen molar-refractivity contribution in [2.24, 2.45) is 11.8 Å². The third kappa shape index (κ3) is 3.13. The van der Waals surface area contributed by atoms with Gasteiger partial charge < -0.3 is 5.32 Å². The molecule has 1 N–H and O–H groups in total. The molecule has 5 heteroatoms. The van der Waals surface area contributed by atoms with Gasteiger partial charge in [-0.2, -0.15) is 0 Å². The van der Waals surface area contributed by atoms with Gasteiger partial charge in [0.2, 0.25) is 5.91 Å². The van der Waals surface area contributed by atoms with Crippen LogP contribution >= 0.6 is 34.8 Å². The van der Waals surface area contributed by atoms with E-state index in [0.717, 1.165) is 23.4 Å². The van der Waals surface area contributed by atoms with Crippen molar-refractivity contribution in [3.63, 3.8) is 0 Å². The minimum Gasteiger partial charge on any atom is -0.353 e. The lowest BCUT2D eigenvalue weighted by molar-refractivity contribution is -0.123. The molecule has 0 spiro atoms. The molecule has 1 saturated carbocycles. The molecule has 2 aromatic carbocycles. The van der Waals surface area contributed by atoms with E-state index >= 15 is 0 Å². The van der Waals surface area contributed by atoms with E-state index in [1.165, 1.54) is 5.56 Å². The topological polar surface area (TPSA) is 29.1 Å². The molecule has 1 amide bonds. The summed E-state index contributed by atoms with van der Waals surface area (Å²) in [6.45, 7) is 2.11. The summed E-state index contributed by atoms with van der Waals surface area (Å²) in [5.74, 6) is 0.945. The second-order valence-electron chi connectivity index (χ2n) is 7.41. The zero-order valence-corrected chi connectivity index (χ0v) is 16.7. The number of hydrogen-bond acceptors (Lipinski definition) is 1. The molecule has 0 aromatic heterocycles. The maximum Gasteiger partial charge on any atom is 0.223 e. The van der Waals surface area contributed by atoms with Crippen LogP contribution in [0, 0.1) is 11.8 Å². The Bertz CT molecular complexity index is 836. The Labute approximate surface area is 168 Å². The summed E-state index contributed by atoms with van der Waals surface area (Å²) in [5.41, 5.74) is 2.32. The fraction of sp³-hybridized carbons (Fsp3) is 0.381. The third-order valence-electron chi connectivity index (χ3n) is 6.00. The number of fused-ring (bicyclic) bond motifs is 1. The smallest absolute Gasteiger partial charge is 0.223 e. The summed E-state index contributed by atoms with van der Waals surface area (Å²) in [6, 6.07) is 13.9. The zero-order valence-electron chi connectivity index (χ0n) is 14.4. The standard InChI is InChI=1S/C21H20Cl3NO/c1-11-19-17(21(26)25-11)9-8-16(15-7-6-14(23)10-18(15)24)20(19)12-2-4-13(22)5-3-12/h2-7,10-11,16-17,19-20H,8-9H2,1H3,(H,25,26)/t11-,16-,17-,19-,20+/m1/s1. The monoisotopic (exact) mass is 407 g/mol. The minimum atomic E-state index is 0.0630. The summed E-state index contributed by atoms with van der Waals surface area (Å²) in [7, 11) is 0. The Balaban J connectivity index is 1.81. The van der Waals surface area contributed by atoms with Crippen LogP contribution in [-0.4, -0.2) is 11.9 Å². The first kappa shape index (κ1) is 18.2. The Hall–Kier alpha value is -1.22. The first-order valence-corrected chi connectivity index (χ1v) is 10.1. The Morgan fingerprint density at radius 3 is 2.27 bits per heavy atom. The second-order valence-corrected chi connectivity index (χ2v) is 8.69. The van der Waals surface area contributed by atoms with Crippen LogP contribution in [0.2, 0.25) is 15.1 Å². The van der Waals surface area contributed by atoms with E-state index in [9.17, 15) is 4.79 Å². The van der Waals surface area contributed by atoms with Crippen LogP contribution in [0.15, 0.2) is 42.5 Å². The van der Waals surface area contributed by atoms with Gasteiger partial charge in [-0.25, -0.2) is 0 Å². The summed E-state index contributed by atoms with van der Waals surface area (Å²) < 4.78 is 0. The highest BCUT2D eigenvalue weighted by Crippen LogP contribution is 2.54. The largest absolute Gasteiger partial charge is 0.353 e. The van der Waals surface area contributed by atoms with Crippen LogP contribution in [0.3, 0.4) is 0 Å². The highest BCUT2D eigenvalue weighted by molar-refractivity contribution is 6.35. The number of carbonyl (C=O) groups is 1. The first-order valence-electron chi connectivity index (χ1n) is 8.96. The fourth-order valence-corrected chi connectivity index (χ4v) is 5.61. The molecule has 5 atom stereocenters. The molecule has 2 nitrogen and oxygen atoms in total. The first-order chi connectivity index (χ1) is 12.5. The molecule has 1 heterocycles. The van der Waals surface area contributed by atoms with Crippen molar-refractivity contribution in [3.8, 4) is 0 Å². The van der Waals surface area contributed by atoms with Crippen LogP contribution in [-0.2, 0) is 4.79 Å². The van der Waals surface area contributed by atoms with Gasteiger partial charge in [0, 0.05) is 27.0 Å². The maximum absolute atomic E-state index is 12.4. The molecule has 26 heavy (non-hydrogen) atoms. The second kappa shape index (κ2) is 7.07. The number of halogens is 3. The summed E-state index contributed by atoms with van der Waals surface area (Å²) >= 11 is 18.8. The molecule has 0 radical (unpaired) electrons. The lowest BCUT2D eigenvalue weighted by atomic mass is 9.62. The van der Waals surface area contributed by atoms with Crippen LogP contribution in [0.4, 0.5) is 0 Å². The van der Waals surface area contributed by atoms with Gasteiger partial charge in [-0.3, -0.25) is 4.79 Å². The van der Waals surface area contributed by atoms with Gasteiger partial charge in [0.25, 0.3) is 0 Å². The summed E-state index contributed by atoms with van der Waals surface area (Å²) in [6.07, 6.45) is 1.81. The number of hydrogen-bond donors (Lipinski definition) is 1. The molecule has 2 aliphatic rings. The molecule has 4 rings (SSSR count). The SMILES string of the molecule is C[C@H]1NC(=O)[C@@H]2CC[C@H](c3ccc(Cl)cc3Cl)[C@H](c3ccc(Cl)cc3)[C@H]12. The molecule has 1 aliphatic heterocycles. The Morgan fingerprint density at radius 2 is 1.58 bits per heavy atom. The van der Waals surface area contributed by atoms with Crippen molar-refractivity contribution in [2.75, 3.05) is 0 Å². The average molecular weight is 409 g/mol. The third-order valence-corrected chi connectivity index (χ3v) is 6.82. The van der Waals surface area contributed by atoms with Crippen LogP contribution in [0.5, 0.6) is 0 Å². The van der Waals surface area contributed by atoms with E-state index in [1.807, 2.05) is 30.3 Å². The normalized spacial score (nSPS) is 30.8. The number of nitrogens with one attached hydrogen (secondary N) is 1. The van der Waals surface area contributed by atoms with Crippen LogP contribution < -0.4 is 5.32 Å². The van der Waals surface area contributed by atoms with Crippen molar-refractivity contribution >= 4 is 40.7 Å². The molecule has 2 fully saturated rings. The van der Waals surface area contributed by atoms with E-state index in [2.05, 4.69) is 24.4 Å². The van der Waals surface area contributed by atoms with Gasteiger partial charge in [-0.15, -0.1) is 0 Å². The highest BCUT2D eigenvalue weighted by atomic mass is 35.5. The van der Waals surface area contributed by atoms with Crippen molar-refractivity contribution in [1.29, 1.82) is 0 Å². The predicted octanol–water partition coefficient (Wildman–Crippen LogP) is 6.06. The lowest BCUT2D eigenvalue weighted by Crippen LogP contribution is -2.35. The maximum atomic E-state index is 12.4. The molecule has 1 saturated heterocycles. The average Bonchev–Trinajstić information content (AvgIpc) is 2.90. The number of benzene rings is 2. The van der Waals surface area contributed by atoms with E-state index < -0.39 is 0 Å². The molecule has 136 valence electrons. The van der Waals surface area contributed by atoms with Crippen molar-refractivity contribution in [3.05, 3.63) is 68.7 Å². The quantitative estimate of drug-likeness (QED) is 0.643. The Kier molecular flexibility index (Phi) is 4.94. The number of amides is 1. The molecular formula is C21H20Cl3NO. The van der Waals surface area contributed by atoms with E-state index in [-0.39, 0.29) is 35.6 Å². The van der Waals surface area contributed by atoms with Crippen LogP contribution in [0.25, 0.3) is 0 Å². The molecule has 2 aromatic rings.